The maximum atomic E-state index is 13.0. The third-order valence-electron chi connectivity index (χ3n) is 5.00. The van der Waals surface area contributed by atoms with Gasteiger partial charge in [0, 0.05) is 25.6 Å². The molecule has 1 aromatic rings. The number of nitrogens with one attached hydrogen (secondary N) is 1. The van der Waals surface area contributed by atoms with E-state index in [9.17, 15) is 18.0 Å². The fourth-order valence-electron chi connectivity index (χ4n) is 3.45. The molecule has 7 heteroatoms. The number of carbonyl (C=O) groups excluding carboxylic acids is 1. The Morgan fingerprint density at radius 1 is 1.36 bits per heavy atom. The summed E-state index contributed by atoms with van der Waals surface area (Å²) >= 11 is 0. The van der Waals surface area contributed by atoms with Crippen molar-refractivity contribution in [2.45, 2.75) is 49.8 Å². The third kappa shape index (κ3) is 4.95. The molecule has 4 nitrogen and oxygen atoms in total. The van der Waals surface area contributed by atoms with Crippen LogP contribution < -0.4 is 11.1 Å². The topological polar surface area (TPSA) is 64.3 Å². The molecule has 3 N–H and O–H groups in total. The molecule has 0 bridgehead atoms. The largest absolute Gasteiger partial charge is 0.416 e. The van der Waals surface area contributed by atoms with Gasteiger partial charge in [-0.15, -0.1) is 0 Å². The van der Waals surface area contributed by atoms with Crippen LogP contribution in [-0.2, 0) is 21.1 Å². The van der Waals surface area contributed by atoms with Gasteiger partial charge >= 0.3 is 6.18 Å². The van der Waals surface area contributed by atoms with E-state index in [1.807, 2.05) is 0 Å². The lowest BCUT2D eigenvalue weighted by Gasteiger charge is -2.31. The quantitative estimate of drug-likeness (QED) is 0.788. The molecule has 25 heavy (non-hydrogen) atoms. The van der Waals surface area contributed by atoms with E-state index in [0.29, 0.717) is 12.1 Å². The molecule has 1 fully saturated rings. The standard InChI is InChI=1S/C18H25F3N2O2/c1-25-15(11-22)10-16(24)23-12-17(7-2-3-8-17)13-5-4-6-14(9-13)18(19,20)21/h4-6,9,15H,2-3,7-8,10-12,22H2,1H3,(H,23,24). The van der Waals surface area contributed by atoms with Crippen LogP contribution in [0.4, 0.5) is 13.2 Å². The molecule has 0 radical (unpaired) electrons. The second-order valence-corrected chi connectivity index (χ2v) is 6.64. The molecular formula is C18H25F3N2O2. The van der Waals surface area contributed by atoms with Crippen molar-refractivity contribution in [2.75, 3.05) is 20.2 Å². The summed E-state index contributed by atoms with van der Waals surface area (Å²) in [6.07, 6.45) is -1.17. The van der Waals surface area contributed by atoms with Crippen molar-refractivity contribution < 1.29 is 22.7 Å². The molecule has 1 aliphatic carbocycles. The maximum Gasteiger partial charge on any atom is 0.416 e. The van der Waals surface area contributed by atoms with Gasteiger partial charge in [0.15, 0.2) is 0 Å². The molecule has 1 unspecified atom stereocenters. The van der Waals surface area contributed by atoms with Crippen LogP contribution in [0.25, 0.3) is 0 Å². The summed E-state index contributed by atoms with van der Waals surface area (Å²) in [5, 5.41) is 2.87. The molecule has 0 spiro atoms. The van der Waals surface area contributed by atoms with Crippen LogP contribution in [0.3, 0.4) is 0 Å². The number of halogens is 3. The van der Waals surface area contributed by atoms with E-state index >= 15 is 0 Å². The SMILES string of the molecule is COC(CN)CC(=O)NCC1(c2cccc(C(F)(F)F)c2)CCCC1. The Bertz CT molecular complexity index is 580. The fraction of sp³-hybridized carbons (Fsp3) is 0.611. The van der Waals surface area contributed by atoms with Gasteiger partial charge in [0.25, 0.3) is 0 Å². The highest BCUT2D eigenvalue weighted by atomic mass is 19.4. The van der Waals surface area contributed by atoms with Gasteiger partial charge in [-0.2, -0.15) is 13.2 Å². The predicted molar refractivity (Wildman–Crippen MR) is 89.1 cm³/mol. The van der Waals surface area contributed by atoms with Crippen LogP contribution in [-0.4, -0.2) is 32.2 Å². The van der Waals surface area contributed by atoms with E-state index in [1.54, 1.807) is 6.07 Å². The Kier molecular flexibility index (Phi) is 6.46. The number of rotatable bonds is 7. The van der Waals surface area contributed by atoms with E-state index in [1.165, 1.54) is 19.2 Å². The summed E-state index contributed by atoms with van der Waals surface area (Å²) in [6.45, 7) is 0.566. The smallest absolute Gasteiger partial charge is 0.380 e. The van der Waals surface area contributed by atoms with E-state index in [0.717, 1.165) is 31.7 Å². The third-order valence-corrected chi connectivity index (χ3v) is 5.00. The molecule has 0 saturated heterocycles. The summed E-state index contributed by atoms with van der Waals surface area (Å²) < 4.78 is 44.2. The van der Waals surface area contributed by atoms with Gasteiger partial charge in [-0.1, -0.05) is 31.0 Å². The highest BCUT2D eigenvalue weighted by Gasteiger charge is 2.38. The van der Waals surface area contributed by atoms with Crippen LogP contribution in [0, 0.1) is 0 Å². The zero-order valence-corrected chi connectivity index (χ0v) is 14.4. The number of hydrogen-bond acceptors (Lipinski definition) is 3. The normalized spacial score (nSPS) is 18.1. The Morgan fingerprint density at radius 2 is 2.04 bits per heavy atom. The molecule has 0 aromatic heterocycles. The molecule has 140 valence electrons. The second kappa shape index (κ2) is 8.19. The summed E-state index contributed by atoms with van der Waals surface area (Å²) in [7, 11) is 1.49. The lowest BCUT2D eigenvalue weighted by Crippen LogP contribution is -2.41. The lowest BCUT2D eigenvalue weighted by atomic mass is 9.78. The summed E-state index contributed by atoms with van der Waals surface area (Å²) in [5.41, 5.74) is 5.06. The minimum Gasteiger partial charge on any atom is -0.380 e. The van der Waals surface area contributed by atoms with Crippen LogP contribution in [0.2, 0.25) is 0 Å². The lowest BCUT2D eigenvalue weighted by molar-refractivity contribution is -0.137. The molecule has 1 aliphatic rings. The van der Waals surface area contributed by atoms with E-state index in [2.05, 4.69) is 5.32 Å². The monoisotopic (exact) mass is 358 g/mol. The zero-order valence-electron chi connectivity index (χ0n) is 14.4. The first-order valence-corrected chi connectivity index (χ1v) is 8.48. The van der Waals surface area contributed by atoms with Crippen LogP contribution >= 0.6 is 0 Å². The number of hydrogen-bond donors (Lipinski definition) is 2. The van der Waals surface area contributed by atoms with Gasteiger partial charge in [0.1, 0.15) is 0 Å². The zero-order chi connectivity index (χ0) is 18.5. The van der Waals surface area contributed by atoms with Crippen molar-refractivity contribution in [1.82, 2.24) is 5.32 Å². The first-order chi connectivity index (χ1) is 11.8. The molecular weight excluding hydrogens is 333 g/mol. The Hall–Kier alpha value is -1.60. The average molecular weight is 358 g/mol. The average Bonchev–Trinajstić information content (AvgIpc) is 3.07. The number of methoxy groups -OCH3 is 1. The molecule has 1 atom stereocenters. The molecule has 2 rings (SSSR count). The van der Waals surface area contributed by atoms with Crippen molar-refractivity contribution in [3.63, 3.8) is 0 Å². The highest BCUT2D eigenvalue weighted by Crippen LogP contribution is 2.42. The molecule has 0 aliphatic heterocycles. The van der Waals surface area contributed by atoms with Gasteiger partial charge in [-0.25, -0.2) is 0 Å². The number of benzene rings is 1. The van der Waals surface area contributed by atoms with Crippen molar-refractivity contribution in [2.24, 2.45) is 5.73 Å². The number of amides is 1. The highest BCUT2D eigenvalue weighted by molar-refractivity contribution is 5.76. The van der Waals surface area contributed by atoms with Crippen molar-refractivity contribution in [1.29, 1.82) is 0 Å². The number of alkyl halides is 3. The minimum absolute atomic E-state index is 0.145. The van der Waals surface area contributed by atoms with Crippen molar-refractivity contribution in [3.05, 3.63) is 35.4 Å². The minimum atomic E-state index is -4.37. The maximum absolute atomic E-state index is 13.0. The fourth-order valence-corrected chi connectivity index (χ4v) is 3.45. The van der Waals surface area contributed by atoms with Gasteiger partial charge < -0.3 is 15.8 Å². The van der Waals surface area contributed by atoms with Crippen molar-refractivity contribution >= 4 is 5.91 Å². The van der Waals surface area contributed by atoms with Gasteiger partial charge in [-0.05, 0) is 24.5 Å². The first kappa shape index (κ1) is 19.7. The Labute approximate surface area is 145 Å². The molecule has 1 saturated carbocycles. The number of ether oxygens (including phenoxy) is 1. The molecule has 1 aromatic carbocycles. The molecule has 0 heterocycles. The summed E-state index contributed by atoms with van der Waals surface area (Å²) in [5.74, 6) is -0.199. The van der Waals surface area contributed by atoms with Crippen LogP contribution in [0.15, 0.2) is 24.3 Å². The van der Waals surface area contributed by atoms with E-state index in [4.69, 9.17) is 10.5 Å². The number of carbonyl (C=O) groups is 1. The van der Waals surface area contributed by atoms with Gasteiger partial charge in [0.2, 0.25) is 5.91 Å². The van der Waals surface area contributed by atoms with Crippen molar-refractivity contribution in [3.8, 4) is 0 Å². The van der Waals surface area contributed by atoms with Crippen LogP contribution in [0.5, 0.6) is 0 Å². The molecule has 1 amide bonds. The predicted octanol–water partition coefficient (Wildman–Crippen LogP) is 3.00. The first-order valence-electron chi connectivity index (χ1n) is 8.48. The summed E-state index contributed by atoms with van der Waals surface area (Å²) in [4.78, 5) is 12.1. The van der Waals surface area contributed by atoms with E-state index < -0.39 is 17.2 Å². The number of nitrogens with two attached hydrogens (primary N) is 1. The van der Waals surface area contributed by atoms with Crippen LogP contribution in [0.1, 0.15) is 43.2 Å². The van der Waals surface area contributed by atoms with E-state index in [-0.39, 0.29) is 25.0 Å². The van der Waals surface area contributed by atoms with Gasteiger partial charge in [0.05, 0.1) is 18.1 Å². The second-order valence-electron chi connectivity index (χ2n) is 6.64. The Balaban J connectivity index is 2.13. The van der Waals surface area contributed by atoms with Gasteiger partial charge in [-0.3, -0.25) is 4.79 Å². The Morgan fingerprint density at radius 3 is 2.60 bits per heavy atom. The summed E-state index contributed by atoms with van der Waals surface area (Å²) in [6, 6.07) is 5.46.